The number of piperidine rings is 1. The highest BCUT2D eigenvalue weighted by Crippen LogP contribution is 2.57. The number of amides is 3. The summed E-state index contributed by atoms with van der Waals surface area (Å²) in [6.07, 6.45) is 1.06. The van der Waals surface area contributed by atoms with Crippen molar-refractivity contribution in [2.75, 3.05) is 26.7 Å². The van der Waals surface area contributed by atoms with Gasteiger partial charge in [-0.2, -0.15) is 0 Å². The normalized spacial score (nSPS) is 24.4. The number of carbonyl (C=O) groups excluding carboxylic acids is 4. The summed E-state index contributed by atoms with van der Waals surface area (Å²) in [7, 11) is -2.34. The Morgan fingerprint density at radius 3 is 2.42 bits per heavy atom. The molecule has 4 aliphatic rings. The summed E-state index contributed by atoms with van der Waals surface area (Å²) < 4.78 is 69.1. The van der Waals surface area contributed by atoms with Crippen LogP contribution in [0.5, 0.6) is 11.5 Å². The van der Waals surface area contributed by atoms with Crippen LogP contribution in [0.3, 0.4) is 0 Å². The van der Waals surface area contributed by atoms with Gasteiger partial charge in [-0.3, -0.25) is 23.9 Å². The van der Waals surface area contributed by atoms with E-state index >= 15 is 0 Å². The molecule has 4 fully saturated rings. The van der Waals surface area contributed by atoms with Gasteiger partial charge in [0.2, 0.25) is 27.7 Å². The number of nitrogens with zero attached hydrogens (tertiary/aromatic N) is 3. The zero-order chi connectivity index (χ0) is 43.4. The van der Waals surface area contributed by atoms with Crippen molar-refractivity contribution in [1.82, 2.24) is 19.5 Å². The molecule has 2 aromatic carbocycles. The molecule has 0 spiro atoms. The molecule has 15 heteroatoms. The van der Waals surface area contributed by atoms with Crippen LogP contribution in [0.2, 0.25) is 0 Å². The first-order valence-electron chi connectivity index (χ1n) is 20.6. The van der Waals surface area contributed by atoms with Crippen LogP contribution < -0.4 is 14.2 Å². The van der Waals surface area contributed by atoms with Gasteiger partial charge in [0, 0.05) is 54.8 Å². The number of ketones is 1. The van der Waals surface area contributed by atoms with Gasteiger partial charge >= 0.3 is 0 Å². The Hall–Kier alpha value is -4.92. The Morgan fingerprint density at radius 2 is 1.80 bits per heavy atom. The highest BCUT2D eigenvalue weighted by Gasteiger charge is 2.61. The van der Waals surface area contributed by atoms with E-state index in [0.717, 1.165) is 16.0 Å². The molecule has 0 radical (unpaired) electrons. The van der Waals surface area contributed by atoms with Crippen LogP contribution in [-0.2, 0) is 29.2 Å². The number of ether oxygens (including phenoxy) is 2. The molecule has 0 unspecified atom stereocenters. The molecule has 1 aromatic heterocycles. The average molecular weight is 849 g/mol. The number of hydrogen-bond acceptors (Lipinski definition) is 9. The molecule has 322 valence electrons. The second-order valence-corrected chi connectivity index (χ2v) is 20.0. The van der Waals surface area contributed by atoms with E-state index < -0.39 is 86.1 Å². The number of carbonyl (C=O) groups is 4. The summed E-state index contributed by atoms with van der Waals surface area (Å²) in [6.45, 7) is 10.5. The molecule has 7 rings (SSSR count). The predicted octanol–water partition coefficient (Wildman–Crippen LogP) is 6.64. The van der Waals surface area contributed by atoms with Gasteiger partial charge in [-0.1, -0.05) is 57.2 Å². The monoisotopic (exact) mass is 848 g/mol. The molecule has 3 aromatic rings. The first kappa shape index (κ1) is 43.2. The van der Waals surface area contributed by atoms with Crippen LogP contribution in [0.25, 0.3) is 22.2 Å². The Kier molecular flexibility index (Phi) is 11.6. The number of methoxy groups -OCH3 is 1. The lowest BCUT2D eigenvalue weighted by Crippen LogP contribution is -2.51. The zero-order valence-corrected chi connectivity index (χ0v) is 35.7. The third kappa shape index (κ3) is 8.78. The van der Waals surface area contributed by atoms with Crippen molar-refractivity contribution < 1.29 is 45.9 Å². The van der Waals surface area contributed by atoms with Crippen molar-refractivity contribution >= 4 is 44.4 Å². The number of aryl methyl sites for hydroxylation is 1. The van der Waals surface area contributed by atoms with Crippen molar-refractivity contribution in [3.05, 3.63) is 66.7 Å². The van der Waals surface area contributed by atoms with Crippen molar-refractivity contribution in [1.29, 1.82) is 0 Å². The lowest BCUT2D eigenvalue weighted by Gasteiger charge is -2.37. The number of aromatic nitrogens is 1. The number of likely N-dealkylation sites (tertiary alicyclic amines) is 2. The number of alkyl halides is 2. The minimum Gasteiger partial charge on any atom is -0.496 e. The maximum Gasteiger partial charge on any atom is 0.265 e. The molecule has 1 N–H and O–H groups in total. The molecule has 60 heavy (non-hydrogen) atoms. The van der Waals surface area contributed by atoms with Crippen LogP contribution in [0, 0.1) is 29.6 Å². The molecule has 5 atom stereocenters. The SMILES string of the molecule is C=C[C@@H]1C[C@]1(CC(=O)[C@@H]1C[C@@H](Oc2cc(-c3ccccc3)nc3c(C)c(OC)ccc23)CN1C(=O)[C@@H](CC(=O)N1CCCC(F)(F)C1)C(C)(C)C)C(=O)NS(=O)(=O)C1CC1. The van der Waals surface area contributed by atoms with Gasteiger partial charge < -0.3 is 19.3 Å². The number of allylic oxidation sites excluding steroid dienone is 1. The summed E-state index contributed by atoms with van der Waals surface area (Å²) in [5.41, 5.74) is 0.684. The van der Waals surface area contributed by atoms with E-state index in [0.29, 0.717) is 40.9 Å². The van der Waals surface area contributed by atoms with Gasteiger partial charge in [-0.25, -0.2) is 22.2 Å². The van der Waals surface area contributed by atoms with Gasteiger partial charge in [0.1, 0.15) is 17.6 Å². The van der Waals surface area contributed by atoms with Gasteiger partial charge in [-0.15, -0.1) is 6.58 Å². The number of hydrogen-bond donors (Lipinski definition) is 1. The lowest BCUT2D eigenvalue weighted by molar-refractivity contribution is -0.151. The third-order valence-electron chi connectivity index (χ3n) is 12.7. The highest BCUT2D eigenvalue weighted by molar-refractivity contribution is 7.90. The standard InChI is InChI=1S/C45H54F2N4O8S/c1-7-29-23-44(29,42(55)49-60(56,57)31-14-15-31)24-36(52)35-20-30(25-51(35)41(54)33(43(3,4)5)21-39(53)50-19-11-18-45(46,47)26-50)59-38-22-34(28-12-9-8-10-13-28)48-40-27(2)37(58-6)17-16-32(38)40/h7-10,12-13,16-17,22,29-31,33,35H,1,11,14-15,18-21,23-26H2,2-6H3,(H,49,55)/t29-,30-,33-,35+,44-/m1/s1. The van der Waals surface area contributed by atoms with E-state index in [4.69, 9.17) is 14.5 Å². The molecule has 3 amide bonds. The van der Waals surface area contributed by atoms with Gasteiger partial charge in [0.15, 0.2) is 5.78 Å². The first-order valence-corrected chi connectivity index (χ1v) is 22.2. The fraction of sp³-hybridized carbons (Fsp3) is 0.533. The first-order chi connectivity index (χ1) is 28.3. The highest BCUT2D eigenvalue weighted by atomic mass is 32.2. The predicted molar refractivity (Wildman–Crippen MR) is 222 cm³/mol. The number of fused-ring (bicyclic) bond motifs is 1. The topological polar surface area (TPSA) is 152 Å². The fourth-order valence-corrected chi connectivity index (χ4v) is 10.2. The fourth-order valence-electron chi connectivity index (χ4n) is 8.82. The second-order valence-electron chi connectivity index (χ2n) is 18.1. The van der Waals surface area contributed by atoms with Crippen LogP contribution in [0.1, 0.15) is 77.7 Å². The molecular formula is C45H54F2N4O8S. The van der Waals surface area contributed by atoms with E-state index in [1.54, 1.807) is 34.0 Å². The molecule has 3 heterocycles. The molecule has 2 saturated carbocycles. The van der Waals surface area contributed by atoms with Crippen LogP contribution in [-0.4, -0.2) is 96.8 Å². The average Bonchev–Trinajstić information content (AvgIpc) is 4.13. The van der Waals surface area contributed by atoms with E-state index in [9.17, 15) is 36.4 Å². The second kappa shape index (κ2) is 16.2. The summed E-state index contributed by atoms with van der Waals surface area (Å²) in [5.74, 6) is -5.72. The minimum atomic E-state index is -3.91. The van der Waals surface area contributed by atoms with E-state index in [2.05, 4.69) is 11.3 Å². The molecule has 2 aliphatic heterocycles. The number of halogens is 2. The molecule has 12 nitrogen and oxygen atoms in total. The molecule has 0 bridgehead atoms. The minimum absolute atomic E-state index is 0.0319. The molecule has 2 saturated heterocycles. The van der Waals surface area contributed by atoms with E-state index in [1.807, 2.05) is 55.5 Å². The number of rotatable bonds is 14. The number of pyridine rings is 1. The Balaban J connectivity index is 1.23. The van der Waals surface area contributed by atoms with E-state index in [-0.39, 0.29) is 51.6 Å². The summed E-state index contributed by atoms with van der Waals surface area (Å²) >= 11 is 0. The third-order valence-corrected chi connectivity index (χ3v) is 14.5. The summed E-state index contributed by atoms with van der Waals surface area (Å²) in [5, 5.41) is 0.0252. The van der Waals surface area contributed by atoms with Crippen molar-refractivity contribution in [3.63, 3.8) is 0 Å². The number of Topliss-reactive ketones (excluding diaryl/α,β-unsaturated/α-hetero) is 1. The van der Waals surface area contributed by atoms with Crippen LogP contribution >= 0.6 is 0 Å². The van der Waals surface area contributed by atoms with Gasteiger partial charge in [0.25, 0.3) is 5.92 Å². The Morgan fingerprint density at radius 1 is 1.08 bits per heavy atom. The lowest BCUT2D eigenvalue weighted by atomic mass is 9.77. The number of nitrogens with one attached hydrogen (secondary N) is 1. The Bertz CT molecular complexity index is 2310. The van der Waals surface area contributed by atoms with Gasteiger partial charge in [-0.05, 0) is 56.1 Å². The molecule has 2 aliphatic carbocycles. The van der Waals surface area contributed by atoms with Gasteiger partial charge in [0.05, 0.1) is 54.0 Å². The maximum atomic E-state index is 14.9. The van der Waals surface area contributed by atoms with Crippen molar-refractivity contribution in [2.24, 2.45) is 22.7 Å². The molecular weight excluding hydrogens is 795 g/mol. The zero-order valence-electron chi connectivity index (χ0n) is 34.8. The largest absolute Gasteiger partial charge is 0.496 e. The Labute approximate surface area is 350 Å². The summed E-state index contributed by atoms with van der Waals surface area (Å²) in [4.78, 5) is 64.5. The summed E-state index contributed by atoms with van der Waals surface area (Å²) in [6, 6.07) is 13.9. The number of benzene rings is 2. The maximum absolute atomic E-state index is 14.9. The van der Waals surface area contributed by atoms with E-state index in [1.165, 1.54) is 4.90 Å². The smallest absolute Gasteiger partial charge is 0.265 e. The quantitative estimate of drug-likeness (QED) is 0.176. The van der Waals surface area contributed by atoms with Crippen molar-refractivity contribution in [3.8, 4) is 22.8 Å². The number of sulfonamides is 1. The van der Waals surface area contributed by atoms with Crippen molar-refractivity contribution in [2.45, 2.75) is 102 Å². The van der Waals surface area contributed by atoms with Crippen LogP contribution in [0.15, 0.2) is 61.2 Å². The van der Waals surface area contributed by atoms with Crippen LogP contribution in [0.4, 0.5) is 8.78 Å².